The van der Waals surface area contributed by atoms with Crippen LogP contribution in [0.4, 0.5) is 5.69 Å². The van der Waals surface area contributed by atoms with E-state index in [-0.39, 0.29) is 18.6 Å². The lowest BCUT2D eigenvalue weighted by molar-refractivity contribution is -0.117. The van der Waals surface area contributed by atoms with Gasteiger partial charge in [-0.15, -0.1) is 0 Å². The van der Waals surface area contributed by atoms with Gasteiger partial charge in [0, 0.05) is 12.5 Å². The Morgan fingerprint density at radius 3 is 2.53 bits per heavy atom. The summed E-state index contributed by atoms with van der Waals surface area (Å²) >= 11 is 0. The largest absolute Gasteiger partial charge is 0.392 e. The minimum Gasteiger partial charge on any atom is -0.392 e. The normalized spacial score (nSPS) is 20.4. The highest BCUT2D eigenvalue weighted by Crippen LogP contribution is 2.22. The third kappa shape index (κ3) is 2.48. The number of hydrogen-bond acceptors (Lipinski definition) is 3. The Morgan fingerprint density at radius 1 is 1.41 bits per heavy atom. The Balaban J connectivity index is 2.14. The van der Waals surface area contributed by atoms with Crippen LogP contribution >= 0.6 is 0 Å². The van der Waals surface area contributed by atoms with Crippen molar-refractivity contribution in [2.75, 3.05) is 5.01 Å². The van der Waals surface area contributed by atoms with Gasteiger partial charge < -0.3 is 5.11 Å². The monoisotopic (exact) mass is 234 g/mol. The number of aliphatic hydroxyl groups is 1. The van der Waals surface area contributed by atoms with Gasteiger partial charge in [-0.3, -0.25) is 4.79 Å². The minimum absolute atomic E-state index is 0.0241. The van der Waals surface area contributed by atoms with Gasteiger partial charge in [0.15, 0.2) is 0 Å². The highest BCUT2D eigenvalue weighted by molar-refractivity contribution is 5.94. The Bertz CT molecular complexity index is 400. The predicted molar refractivity (Wildman–Crippen MR) is 66.2 cm³/mol. The standard InChI is InChI=1S/C13H18N2O2/c1-9(2)12-7-13(17)15(14-12)11-5-3-10(8-16)4-6-11/h3-6,9,12,14,16H,7-8H2,1-2H3. The minimum atomic E-state index is 0.0241. The molecule has 0 bridgehead atoms. The number of rotatable bonds is 3. The van der Waals surface area contributed by atoms with Gasteiger partial charge in [0.05, 0.1) is 12.3 Å². The lowest BCUT2D eigenvalue weighted by Gasteiger charge is -2.19. The first-order valence-electron chi connectivity index (χ1n) is 5.90. The number of carbonyl (C=O) groups is 1. The zero-order valence-corrected chi connectivity index (χ0v) is 10.2. The van der Waals surface area contributed by atoms with Gasteiger partial charge in [0.1, 0.15) is 0 Å². The SMILES string of the molecule is CC(C)C1CC(=O)N(c2ccc(CO)cc2)N1. The van der Waals surface area contributed by atoms with Crippen LogP contribution in [-0.2, 0) is 11.4 Å². The van der Waals surface area contributed by atoms with E-state index in [1.807, 2.05) is 24.3 Å². The molecular formula is C13H18N2O2. The van der Waals surface area contributed by atoms with Gasteiger partial charge in [-0.05, 0) is 23.6 Å². The summed E-state index contributed by atoms with van der Waals surface area (Å²) in [6.45, 7) is 4.23. The Morgan fingerprint density at radius 2 is 2.06 bits per heavy atom. The molecule has 1 unspecified atom stereocenters. The van der Waals surface area contributed by atoms with Crippen molar-refractivity contribution in [3.8, 4) is 0 Å². The van der Waals surface area contributed by atoms with Crippen molar-refractivity contribution >= 4 is 11.6 Å². The van der Waals surface area contributed by atoms with Gasteiger partial charge in [-0.25, -0.2) is 10.4 Å². The fourth-order valence-corrected chi connectivity index (χ4v) is 1.92. The van der Waals surface area contributed by atoms with Crippen molar-refractivity contribution in [1.29, 1.82) is 0 Å². The Kier molecular flexibility index (Phi) is 3.45. The van der Waals surface area contributed by atoms with E-state index in [1.165, 1.54) is 0 Å². The van der Waals surface area contributed by atoms with Crippen molar-refractivity contribution < 1.29 is 9.90 Å². The third-order valence-electron chi connectivity index (χ3n) is 3.12. The molecule has 1 aliphatic heterocycles. The molecule has 1 aliphatic rings. The summed E-state index contributed by atoms with van der Waals surface area (Å²) in [7, 11) is 0. The van der Waals surface area contributed by atoms with E-state index in [1.54, 1.807) is 5.01 Å². The van der Waals surface area contributed by atoms with E-state index in [9.17, 15) is 4.79 Å². The maximum atomic E-state index is 11.9. The number of hydrogen-bond donors (Lipinski definition) is 2. The average Bonchev–Trinajstić information content (AvgIpc) is 2.72. The molecule has 17 heavy (non-hydrogen) atoms. The van der Waals surface area contributed by atoms with E-state index in [2.05, 4.69) is 19.3 Å². The Labute approximate surface area is 101 Å². The summed E-state index contributed by atoms with van der Waals surface area (Å²) in [5.74, 6) is 0.529. The van der Waals surface area contributed by atoms with E-state index < -0.39 is 0 Å². The number of carbonyl (C=O) groups excluding carboxylic acids is 1. The molecule has 2 N–H and O–H groups in total. The summed E-state index contributed by atoms with van der Waals surface area (Å²) in [5.41, 5.74) is 4.89. The molecule has 0 radical (unpaired) electrons. The molecule has 4 nitrogen and oxygen atoms in total. The third-order valence-corrected chi connectivity index (χ3v) is 3.12. The molecule has 0 spiro atoms. The number of nitrogens with zero attached hydrogens (tertiary/aromatic N) is 1. The summed E-state index contributed by atoms with van der Waals surface area (Å²) in [6.07, 6.45) is 0.541. The zero-order valence-electron chi connectivity index (χ0n) is 10.2. The fraction of sp³-hybridized carbons (Fsp3) is 0.462. The van der Waals surface area contributed by atoms with Crippen molar-refractivity contribution in [2.24, 2.45) is 5.92 Å². The maximum Gasteiger partial charge on any atom is 0.243 e. The number of aliphatic hydroxyl groups excluding tert-OH is 1. The highest BCUT2D eigenvalue weighted by atomic mass is 16.3. The van der Waals surface area contributed by atoms with Crippen LogP contribution in [0.25, 0.3) is 0 Å². The lowest BCUT2D eigenvalue weighted by Crippen LogP contribution is -2.39. The fourth-order valence-electron chi connectivity index (χ4n) is 1.92. The quantitative estimate of drug-likeness (QED) is 0.832. The summed E-state index contributed by atoms with van der Waals surface area (Å²) in [4.78, 5) is 11.9. The highest BCUT2D eigenvalue weighted by Gasteiger charge is 2.31. The second-order valence-electron chi connectivity index (χ2n) is 4.74. The molecule has 1 aromatic rings. The molecule has 2 rings (SSSR count). The number of hydrazine groups is 1. The van der Waals surface area contributed by atoms with E-state index in [4.69, 9.17) is 5.11 Å². The van der Waals surface area contributed by atoms with Crippen molar-refractivity contribution in [2.45, 2.75) is 32.9 Å². The topological polar surface area (TPSA) is 52.6 Å². The molecule has 4 heteroatoms. The molecule has 1 atom stereocenters. The van der Waals surface area contributed by atoms with Gasteiger partial charge >= 0.3 is 0 Å². The van der Waals surface area contributed by atoms with Crippen LogP contribution in [0.3, 0.4) is 0 Å². The average molecular weight is 234 g/mol. The van der Waals surface area contributed by atoms with Gasteiger partial charge in [-0.2, -0.15) is 0 Å². The van der Waals surface area contributed by atoms with Crippen LogP contribution in [-0.4, -0.2) is 17.1 Å². The summed E-state index contributed by atoms with van der Waals surface area (Å²) in [5, 5.41) is 10.6. The molecule has 0 saturated carbocycles. The molecule has 1 aromatic carbocycles. The maximum absolute atomic E-state index is 11.9. The van der Waals surface area contributed by atoms with Crippen LogP contribution in [0.15, 0.2) is 24.3 Å². The van der Waals surface area contributed by atoms with Crippen LogP contribution in [0, 0.1) is 5.92 Å². The number of nitrogens with one attached hydrogen (secondary N) is 1. The molecule has 0 aliphatic carbocycles. The smallest absolute Gasteiger partial charge is 0.243 e. The molecule has 1 amide bonds. The predicted octanol–water partition coefficient (Wildman–Crippen LogP) is 1.44. The summed E-state index contributed by atoms with van der Waals surface area (Å²) < 4.78 is 0. The first-order chi connectivity index (χ1) is 8.11. The van der Waals surface area contributed by atoms with Gasteiger partial charge in [0.25, 0.3) is 0 Å². The molecule has 0 aromatic heterocycles. The number of benzene rings is 1. The van der Waals surface area contributed by atoms with Gasteiger partial charge in [0.2, 0.25) is 5.91 Å². The lowest BCUT2D eigenvalue weighted by atomic mass is 10.0. The van der Waals surface area contributed by atoms with E-state index >= 15 is 0 Å². The van der Waals surface area contributed by atoms with Gasteiger partial charge in [-0.1, -0.05) is 26.0 Å². The molecular weight excluding hydrogens is 216 g/mol. The van der Waals surface area contributed by atoms with Crippen LogP contribution in [0.2, 0.25) is 0 Å². The first-order valence-corrected chi connectivity index (χ1v) is 5.90. The second-order valence-corrected chi connectivity index (χ2v) is 4.74. The van der Waals surface area contributed by atoms with E-state index in [0.717, 1.165) is 11.3 Å². The van der Waals surface area contributed by atoms with Crippen LogP contribution in [0.1, 0.15) is 25.8 Å². The molecule has 92 valence electrons. The van der Waals surface area contributed by atoms with Crippen LogP contribution in [0.5, 0.6) is 0 Å². The number of anilines is 1. The molecule has 1 heterocycles. The van der Waals surface area contributed by atoms with Crippen molar-refractivity contribution in [3.05, 3.63) is 29.8 Å². The number of amides is 1. The summed E-state index contributed by atoms with van der Waals surface area (Å²) in [6, 6.07) is 7.55. The molecule has 1 saturated heterocycles. The molecule has 1 fully saturated rings. The van der Waals surface area contributed by atoms with Crippen molar-refractivity contribution in [1.82, 2.24) is 5.43 Å². The zero-order chi connectivity index (χ0) is 12.4. The van der Waals surface area contributed by atoms with Crippen LogP contribution < -0.4 is 10.4 Å². The first kappa shape index (κ1) is 12.1. The van der Waals surface area contributed by atoms with E-state index in [0.29, 0.717) is 12.3 Å². The Hall–Kier alpha value is -1.39. The van der Waals surface area contributed by atoms with Crippen molar-refractivity contribution in [3.63, 3.8) is 0 Å². The second kappa shape index (κ2) is 4.85.